The van der Waals surface area contributed by atoms with E-state index in [1.54, 1.807) is 23.5 Å². The molecule has 0 bridgehead atoms. The van der Waals surface area contributed by atoms with Crippen LogP contribution in [0.3, 0.4) is 0 Å². The van der Waals surface area contributed by atoms with Crippen LogP contribution in [0.1, 0.15) is 17.5 Å². The molecule has 0 radical (unpaired) electrons. The topological polar surface area (TPSA) is 75.7 Å². The summed E-state index contributed by atoms with van der Waals surface area (Å²) in [6, 6.07) is 2.98. The smallest absolute Gasteiger partial charge is 0.467 e. The molecule has 2 atom stereocenters. The predicted octanol–water partition coefficient (Wildman–Crippen LogP) is 1.11. The number of aryl methyl sites for hydroxylation is 1. The zero-order valence-electron chi connectivity index (χ0n) is 13.2. The molecule has 0 aliphatic carbocycles. The van der Waals surface area contributed by atoms with Crippen molar-refractivity contribution < 1.29 is 32.3 Å². The number of nitrogens with zero attached hydrogens (tertiary/aromatic N) is 1. The number of ether oxygens (including phenoxy) is 1. The van der Waals surface area contributed by atoms with Crippen molar-refractivity contribution in [1.82, 2.24) is 5.32 Å². The van der Waals surface area contributed by atoms with Gasteiger partial charge in [-0.25, -0.2) is 4.79 Å². The molecule has 9 heteroatoms. The fourth-order valence-corrected chi connectivity index (χ4v) is 3.33. The highest BCUT2D eigenvalue weighted by molar-refractivity contribution is 6.07. The molecule has 2 amide bonds. The maximum absolute atomic E-state index is 12.8. The van der Waals surface area contributed by atoms with Gasteiger partial charge in [-0.3, -0.25) is 14.5 Å². The van der Waals surface area contributed by atoms with Gasteiger partial charge in [0.05, 0.1) is 12.8 Å². The van der Waals surface area contributed by atoms with Gasteiger partial charge in [0, 0.05) is 6.42 Å². The lowest BCUT2D eigenvalue weighted by Crippen LogP contribution is -2.54. The van der Waals surface area contributed by atoms with Crippen LogP contribution in [0, 0.1) is 0 Å². The molecule has 25 heavy (non-hydrogen) atoms. The van der Waals surface area contributed by atoms with Gasteiger partial charge in [0.1, 0.15) is 12.1 Å². The number of benzene rings is 1. The van der Waals surface area contributed by atoms with Gasteiger partial charge in [0.2, 0.25) is 5.91 Å². The highest BCUT2D eigenvalue weighted by atomic mass is 19.4. The average molecular weight is 356 g/mol. The number of carbonyl (C=O) groups is 3. The van der Waals surface area contributed by atoms with Crippen molar-refractivity contribution >= 4 is 23.5 Å². The molecule has 6 nitrogen and oxygen atoms in total. The van der Waals surface area contributed by atoms with Crippen LogP contribution in [-0.2, 0) is 32.0 Å². The molecule has 134 valence electrons. The Hall–Kier alpha value is -2.58. The first-order valence-electron chi connectivity index (χ1n) is 7.63. The first-order chi connectivity index (χ1) is 11.7. The molecule has 1 aromatic rings. The Morgan fingerprint density at radius 1 is 1.28 bits per heavy atom. The van der Waals surface area contributed by atoms with Gasteiger partial charge >= 0.3 is 18.1 Å². The van der Waals surface area contributed by atoms with Gasteiger partial charge in [-0.1, -0.05) is 18.2 Å². The minimum absolute atomic E-state index is 0.0154. The van der Waals surface area contributed by atoms with Gasteiger partial charge in [0.25, 0.3) is 0 Å². The van der Waals surface area contributed by atoms with E-state index >= 15 is 0 Å². The highest BCUT2D eigenvalue weighted by Gasteiger charge is 2.46. The Morgan fingerprint density at radius 2 is 1.96 bits per heavy atom. The highest BCUT2D eigenvalue weighted by Crippen LogP contribution is 2.39. The number of halogens is 3. The number of amides is 2. The Kier molecular flexibility index (Phi) is 4.18. The van der Waals surface area contributed by atoms with Crippen molar-refractivity contribution in [2.75, 3.05) is 12.0 Å². The van der Waals surface area contributed by atoms with Crippen molar-refractivity contribution in [2.24, 2.45) is 0 Å². The summed E-state index contributed by atoms with van der Waals surface area (Å²) >= 11 is 0. The summed E-state index contributed by atoms with van der Waals surface area (Å²) in [7, 11) is 1.18. The van der Waals surface area contributed by atoms with Crippen LogP contribution in [0.4, 0.5) is 18.9 Å². The van der Waals surface area contributed by atoms with Gasteiger partial charge < -0.3 is 10.1 Å². The number of carbonyl (C=O) groups excluding carboxylic acids is 3. The summed E-state index contributed by atoms with van der Waals surface area (Å²) < 4.78 is 42.3. The van der Waals surface area contributed by atoms with Crippen LogP contribution in [0.5, 0.6) is 0 Å². The van der Waals surface area contributed by atoms with Crippen molar-refractivity contribution in [3.05, 3.63) is 29.3 Å². The zero-order chi connectivity index (χ0) is 18.4. The first kappa shape index (κ1) is 17.2. The minimum atomic E-state index is -5.09. The van der Waals surface area contributed by atoms with E-state index in [9.17, 15) is 27.6 Å². The van der Waals surface area contributed by atoms with Gasteiger partial charge in [-0.2, -0.15) is 13.2 Å². The molecule has 0 saturated carbocycles. The van der Waals surface area contributed by atoms with E-state index in [-0.39, 0.29) is 12.8 Å². The number of esters is 1. The molecule has 0 aromatic heterocycles. The number of hydrogen-bond donors (Lipinski definition) is 1. The third-order valence-corrected chi connectivity index (χ3v) is 4.44. The van der Waals surface area contributed by atoms with Crippen molar-refractivity contribution in [3.8, 4) is 0 Å². The standard InChI is InChI=1S/C16H15F3N2O4/c1-25-14(23)11-7-9-4-2-3-8-5-6-10(13(22)21(11)12(8)9)20-15(24)16(17,18)19/h2-4,10-11H,5-7H2,1H3,(H,20,24)/t10?,11-/m0/s1. The normalized spacial score (nSPS) is 22.2. The SMILES string of the molecule is COC(=O)[C@@H]1Cc2cccc3c2N1C(=O)C(NC(=O)C(F)(F)F)CC3. The van der Waals surface area contributed by atoms with Crippen molar-refractivity contribution in [1.29, 1.82) is 0 Å². The Morgan fingerprint density at radius 3 is 2.60 bits per heavy atom. The molecule has 0 fully saturated rings. The van der Waals surface area contributed by atoms with E-state index in [2.05, 4.69) is 0 Å². The molecule has 3 rings (SSSR count). The quantitative estimate of drug-likeness (QED) is 0.806. The summed E-state index contributed by atoms with van der Waals surface area (Å²) in [4.78, 5) is 37.3. The van der Waals surface area contributed by atoms with Crippen LogP contribution >= 0.6 is 0 Å². The second kappa shape index (κ2) is 6.05. The number of hydrogen-bond acceptors (Lipinski definition) is 4. The van der Waals surface area contributed by atoms with Gasteiger partial charge in [-0.15, -0.1) is 0 Å². The second-order valence-corrected chi connectivity index (χ2v) is 5.94. The number of alkyl halides is 3. The molecular weight excluding hydrogens is 341 g/mol. The van der Waals surface area contributed by atoms with Crippen LogP contribution in [-0.4, -0.2) is 43.2 Å². The lowest BCUT2D eigenvalue weighted by atomic mass is 10.0. The summed E-state index contributed by atoms with van der Waals surface area (Å²) in [6.45, 7) is 0. The maximum atomic E-state index is 12.8. The number of para-hydroxylation sites is 1. The molecule has 1 N–H and O–H groups in total. The second-order valence-electron chi connectivity index (χ2n) is 5.94. The number of rotatable bonds is 2. The van der Waals surface area contributed by atoms with Gasteiger partial charge in [0.15, 0.2) is 0 Å². The summed E-state index contributed by atoms with van der Waals surface area (Å²) in [5.41, 5.74) is 2.04. The molecule has 2 aliphatic heterocycles. The molecular formula is C16H15F3N2O4. The molecule has 1 aromatic carbocycles. The van der Waals surface area contributed by atoms with Crippen LogP contribution < -0.4 is 10.2 Å². The molecule has 1 unspecified atom stereocenters. The van der Waals surface area contributed by atoms with Crippen molar-refractivity contribution in [3.63, 3.8) is 0 Å². The Labute approximate surface area is 140 Å². The largest absolute Gasteiger partial charge is 0.471 e. The van der Waals surface area contributed by atoms with E-state index in [1.807, 2.05) is 0 Å². The Bertz CT molecular complexity index is 747. The first-order valence-corrected chi connectivity index (χ1v) is 7.63. The zero-order valence-corrected chi connectivity index (χ0v) is 13.2. The number of nitrogens with one attached hydrogen (secondary N) is 1. The predicted molar refractivity (Wildman–Crippen MR) is 79.7 cm³/mol. The summed E-state index contributed by atoms with van der Waals surface area (Å²) in [5.74, 6) is -3.57. The van der Waals surface area contributed by atoms with Crippen LogP contribution in [0.25, 0.3) is 0 Å². The third-order valence-electron chi connectivity index (χ3n) is 4.44. The van der Waals surface area contributed by atoms with E-state index in [4.69, 9.17) is 4.74 Å². The van der Waals surface area contributed by atoms with E-state index in [0.29, 0.717) is 12.1 Å². The van der Waals surface area contributed by atoms with Crippen LogP contribution in [0.15, 0.2) is 18.2 Å². The van der Waals surface area contributed by atoms with E-state index < -0.39 is 36.0 Å². The van der Waals surface area contributed by atoms with Crippen LogP contribution in [0.2, 0.25) is 0 Å². The number of anilines is 1. The average Bonchev–Trinajstić information content (AvgIpc) is 2.89. The molecule has 0 saturated heterocycles. The summed E-state index contributed by atoms with van der Waals surface area (Å²) in [5, 5.41) is 1.74. The molecule has 2 aliphatic rings. The monoisotopic (exact) mass is 356 g/mol. The van der Waals surface area contributed by atoms with E-state index in [1.165, 1.54) is 12.0 Å². The summed E-state index contributed by atoms with van der Waals surface area (Å²) in [6.07, 6.45) is -4.54. The van der Waals surface area contributed by atoms with Crippen molar-refractivity contribution in [2.45, 2.75) is 37.5 Å². The molecule has 2 heterocycles. The third kappa shape index (κ3) is 2.94. The fourth-order valence-electron chi connectivity index (χ4n) is 3.33. The minimum Gasteiger partial charge on any atom is -0.467 e. The fraction of sp³-hybridized carbons (Fsp3) is 0.438. The lowest BCUT2D eigenvalue weighted by Gasteiger charge is -2.27. The van der Waals surface area contributed by atoms with E-state index in [0.717, 1.165) is 11.1 Å². The van der Waals surface area contributed by atoms with Gasteiger partial charge in [-0.05, 0) is 24.0 Å². The maximum Gasteiger partial charge on any atom is 0.471 e. The number of methoxy groups -OCH3 is 1. The Balaban J connectivity index is 1.97. The lowest BCUT2D eigenvalue weighted by molar-refractivity contribution is -0.174. The molecule has 0 spiro atoms.